The van der Waals surface area contributed by atoms with Crippen molar-refractivity contribution in [1.82, 2.24) is 14.7 Å². The number of nitrogens with zero attached hydrogens (tertiary/aromatic N) is 3. The predicted molar refractivity (Wildman–Crippen MR) is 412 cm³/mol. The standard InChI is InChI=1S/C48H95NO5.C37H76N2O/c1-5-9-13-17-19-27-37-45(35-25-15-11-7-3)47(51)53-43-33-23-21-29-39-49(41-31-32-42-50)40-30-22-24-34-44-54-48(52)46(36-26-16-12-8-4)38-28-20-18-14-10-6-2;1-7-11-15-19-21-25-29-35(27-23-17-13-9-3)33-39(37(40)31-32-38(5)6)34-36(28-24-18-14-10-4)30-26-22-20-16-12-8-2/h45-46,50H,5-44H2,1-4H3;35-36H,7-34H2,1-6H3. The van der Waals surface area contributed by atoms with E-state index in [4.69, 9.17) is 9.47 Å². The molecule has 0 saturated carbocycles. The number of aliphatic hydroxyl groups is 1. The average Bonchev–Trinajstić information content (AvgIpc) is 2.95. The largest absolute Gasteiger partial charge is 0.465 e. The van der Waals surface area contributed by atoms with Gasteiger partial charge in [-0.2, -0.15) is 0 Å². The molecule has 0 saturated heterocycles. The van der Waals surface area contributed by atoms with Crippen molar-refractivity contribution in [2.75, 3.05) is 73.2 Å². The van der Waals surface area contributed by atoms with Crippen LogP contribution in [0.25, 0.3) is 0 Å². The molecule has 0 heterocycles. The van der Waals surface area contributed by atoms with Crippen molar-refractivity contribution in [3.63, 3.8) is 0 Å². The Morgan fingerprint density at radius 3 is 0.830 bits per heavy atom. The van der Waals surface area contributed by atoms with Gasteiger partial charge in [0, 0.05) is 32.7 Å². The van der Waals surface area contributed by atoms with Crippen molar-refractivity contribution in [3.8, 4) is 0 Å². The molecule has 9 heteroatoms. The van der Waals surface area contributed by atoms with Crippen molar-refractivity contribution >= 4 is 17.8 Å². The lowest BCUT2D eigenvalue weighted by Gasteiger charge is -2.32. The van der Waals surface area contributed by atoms with Crippen LogP contribution in [0.3, 0.4) is 0 Å². The van der Waals surface area contributed by atoms with Crippen LogP contribution in [0.1, 0.15) is 434 Å². The average molecular weight is 1330 g/mol. The second-order valence-corrected chi connectivity index (χ2v) is 30.0. The van der Waals surface area contributed by atoms with Crippen LogP contribution in [0, 0.1) is 23.7 Å². The van der Waals surface area contributed by atoms with Gasteiger partial charge in [-0.3, -0.25) is 14.4 Å². The molecular formula is C85H171N3O6. The van der Waals surface area contributed by atoms with E-state index in [-0.39, 0.29) is 30.4 Å². The number of carbonyl (C=O) groups excluding carboxylic acids is 3. The highest BCUT2D eigenvalue weighted by Crippen LogP contribution is 2.27. The minimum Gasteiger partial charge on any atom is -0.465 e. The van der Waals surface area contributed by atoms with Crippen LogP contribution in [0.2, 0.25) is 0 Å². The number of unbranched alkanes of at least 4 members (excludes halogenated alkanes) is 39. The zero-order valence-corrected chi connectivity index (χ0v) is 65.7. The van der Waals surface area contributed by atoms with E-state index >= 15 is 0 Å². The lowest BCUT2D eigenvalue weighted by Crippen LogP contribution is -2.40. The normalized spacial score (nSPS) is 12.9. The number of hydrogen-bond donors (Lipinski definition) is 1. The fraction of sp³-hybridized carbons (Fsp3) is 0.965. The molecule has 4 unspecified atom stereocenters. The van der Waals surface area contributed by atoms with Gasteiger partial charge < -0.3 is 29.3 Å². The Labute approximate surface area is 589 Å². The number of aliphatic hydroxyl groups excluding tert-OH is 1. The van der Waals surface area contributed by atoms with Gasteiger partial charge in [-0.1, -0.05) is 338 Å². The first kappa shape index (κ1) is 94.3. The van der Waals surface area contributed by atoms with E-state index in [2.05, 4.69) is 84.2 Å². The molecule has 0 radical (unpaired) electrons. The van der Waals surface area contributed by atoms with E-state index in [0.29, 0.717) is 37.4 Å². The number of ether oxygens (including phenoxy) is 2. The van der Waals surface area contributed by atoms with Crippen LogP contribution < -0.4 is 0 Å². The Morgan fingerprint density at radius 2 is 0.543 bits per heavy atom. The van der Waals surface area contributed by atoms with Crippen LogP contribution >= 0.6 is 0 Å². The van der Waals surface area contributed by atoms with Gasteiger partial charge >= 0.3 is 11.9 Å². The number of hydrogen-bond acceptors (Lipinski definition) is 8. The molecule has 1 amide bonds. The predicted octanol–water partition coefficient (Wildman–Crippen LogP) is 25.4. The zero-order valence-electron chi connectivity index (χ0n) is 65.7. The van der Waals surface area contributed by atoms with Crippen molar-refractivity contribution in [2.45, 2.75) is 434 Å². The fourth-order valence-electron chi connectivity index (χ4n) is 13.9. The monoisotopic (exact) mass is 1330 g/mol. The lowest BCUT2D eigenvalue weighted by molar-refractivity contribution is -0.150. The maximum Gasteiger partial charge on any atom is 0.308 e. The Kier molecular flexibility index (Phi) is 77.3. The summed E-state index contributed by atoms with van der Waals surface area (Å²) in [6, 6.07) is 0. The van der Waals surface area contributed by atoms with Crippen molar-refractivity contribution < 1.29 is 29.0 Å². The van der Waals surface area contributed by atoms with Crippen LogP contribution in [0.15, 0.2) is 0 Å². The Morgan fingerprint density at radius 1 is 0.298 bits per heavy atom. The molecule has 0 fully saturated rings. The number of esters is 2. The van der Waals surface area contributed by atoms with Gasteiger partial charge in [0.1, 0.15) is 0 Å². The maximum atomic E-state index is 13.7. The summed E-state index contributed by atoms with van der Waals surface area (Å²) in [4.78, 5) is 46.7. The van der Waals surface area contributed by atoms with Gasteiger partial charge in [-0.25, -0.2) is 0 Å². The van der Waals surface area contributed by atoms with Gasteiger partial charge in [0.15, 0.2) is 0 Å². The van der Waals surface area contributed by atoms with Gasteiger partial charge in [0.2, 0.25) is 5.91 Å². The van der Waals surface area contributed by atoms with Gasteiger partial charge in [0.25, 0.3) is 0 Å². The first-order chi connectivity index (χ1) is 46.0. The summed E-state index contributed by atoms with van der Waals surface area (Å²) in [5, 5.41) is 9.32. The highest BCUT2D eigenvalue weighted by atomic mass is 16.5. The first-order valence-electron chi connectivity index (χ1n) is 42.6. The van der Waals surface area contributed by atoms with Gasteiger partial charge in [-0.15, -0.1) is 0 Å². The molecule has 94 heavy (non-hydrogen) atoms. The summed E-state index contributed by atoms with van der Waals surface area (Å²) < 4.78 is 11.6. The third-order valence-electron chi connectivity index (χ3n) is 20.3. The van der Waals surface area contributed by atoms with Crippen LogP contribution in [-0.2, 0) is 23.9 Å². The molecule has 0 aliphatic carbocycles. The third-order valence-corrected chi connectivity index (χ3v) is 20.3. The summed E-state index contributed by atoms with van der Waals surface area (Å²) in [6.45, 7) is 25.7. The van der Waals surface area contributed by atoms with E-state index in [1.54, 1.807) is 0 Å². The maximum absolute atomic E-state index is 13.7. The summed E-state index contributed by atoms with van der Waals surface area (Å²) in [7, 11) is 4.20. The number of rotatable bonds is 75. The highest BCUT2D eigenvalue weighted by molar-refractivity contribution is 5.76. The van der Waals surface area contributed by atoms with E-state index in [1.165, 1.54) is 270 Å². The minimum absolute atomic E-state index is 0.0544. The van der Waals surface area contributed by atoms with Crippen LogP contribution in [0.5, 0.6) is 0 Å². The van der Waals surface area contributed by atoms with Crippen molar-refractivity contribution in [1.29, 1.82) is 0 Å². The number of amides is 1. The van der Waals surface area contributed by atoms with Crippen molar-refractivity contribution in [3.05, 3.63) is 0 Å². The molecule has 0 aromatic heterocycles. The Bertz CT molecular complexity index is 1420. The third kappa shape index (κ3) is 66.2. The van der Waals surface area contributed by atoms with Crippen LogP contribution in [0.4, 0.5) is 0 Å². The van der Waals surface area contributed by atoms with E-state index in [9.17, 15) is 19.5 Å². The molecule has 0 rings (SSSR count). The molecule has 0 aliphatic heterocycles. The molecule has 0 aromatic rings. The molecule has 562 valence electrons. The smallest absolute Gasteiger partial charge is 0.308 e. The minimum atomic E-state index is 0.0544. The first-order valence-corrected chi connectivity index (χ1v) is 42.6. The quantitative estimate of drug-likeness (QED) is 0.0475. The lowest BCUT2D eigenvalue weighted by atomic mass is 9.91. The molecule has 4 atom stereocenters. The topological polar surface area (TPSA) is 99.6 Å². The fourth-order valence-corrected chi connectivity index (χ4v) is 13.9. The molecule has 1 N–H and O–H groups in total. The Hall–Kier alpha value is -1.71. The Balaban J connectivity index is 0. The second kappa shape index (κ2) is 77.0. The van der Waals surface area contributed by atoms with Crippen LogP contribution in [-0.4, -0.2) is 111 Å². The molecular weight excluding hydrogens is 1160 g/mol. The van der Waals surface area contributed by atoms with Gasteiger partial charge in [0.05, 0.1) is 25.0 Å². The van der Waals surface area contributed by atoms with Crippen molar-refractivity contribution in [2.24, 2.45) is 23.7 Å². The summed E-state index contributed by atoms with van der Waals surface area (Å²) in [6.07, 6.45) is 72.6. The molecule has 0 aliphatic rings. The summed E-state index contributed by atoms with van der Waals surface area (Å²) in [5.74, 6) is 2.07. The second-order valence-electron chi connectivity index (χ2n) is 30.0. The van der Waals surface area contributed by atoms with E-state index in [0.717, 1.165) is 142 Å². The molecule has 0 aromatic carbocycles. The van der Waals surface area contributed by atoms with Gasteiger partial charge in [-0.05, 0) is 135 Å². The summed E-state index contributed by atoms with van der Waals surface area (Å²) in [5.41, 5.74) is 0. The zero-order chi connectivity index (χ0) is 69.3. The summed E-state index contributed by atoms with van der Waals surface area (Å²) >= 11 is 0. The molecule has 0 spiro atoms. The SMILES string of the molecule is CCCCCCCCC(CCCCCC)C(=O)OCCCCCCN(CCCCO)CCCCCCOC(=O)C(CCCCCC)CCCCCCCC.CCCCCCCCC(CCCCCC)CN(CC(CCCCCC)CCCCCCCC)C(=O)CCN(C)C. The molecule has 0 bridgehead atoms. The van der Waals surface area contributed by atoms with E-state index < -0.39 is 0 Å². The molecule has 9 nitrogen and oxygen atoms in total. The number of carbonyl (C=O) groups is 3. The van der Waals surface area contributed by atoms with E-state index in [1.807, 2.05) is 0 Å². The highest BCUT2D eigenvalue weighted by Gasteiger charge is 2.24.